The minimum atomic E-state index is 0.606. The number of hydrogen-bond acceptors (Lipinski definition) is 3. The van der Waals surface area contributed by atoms with Crippen molar-refractivity contribution in [3.8, 4) is 0 Å². The molecule has 1 N–H and O–H groups in total. The smallest absolute Gasteiger partial charge is 0.0285 e. The Morgan fingerprint density at radius 2 is 2.11 bits per heavy atom. The Hall–Kier alpha value is -0.510. The summed E-state index contributed by atoms with van der Waals surface area (Å²) in [6.45, 7) is 4.86. The van der Waals surface area contributed by atoms with Crippen molar-refractivity contribution >= 4 is 11.8 Å². The summed E-state index contributed by atoms with van der Waals surface area (Å²) in [5.41, 5.74) is 1.45. The molecule has 104 valence electrons. The maximum absolute atomic E-state index is 3.67. The van der Waals surface area contributed by atoms with Crippen molar-refractivity contribution in [2.75, 3.05) is 32.4 Å². The first-order chi connectivity index (χ1) is 9.30. The molecular formula is C16H24N2S. The Morgan fingerprint density at radius 3 is 2.79 bits per heavy atom. The van der Waals surface area contributed by atoms with E-state index in [2.05, 4.69) is 58.6 Å². The molecule has 2 nitrogen and oxygen atoms in total. The van der Waals surface area contributed by atoms with Crippen LogP contribution in [0.1, 0.15) is 18.4 Å². The van der Waals surface area contributed by atoms with Gasteiger partial charge in [-0.25, -0.2) is 0 Å². The molecule has 1 atom stereocenters. The molecule has 2 fully saturated rings. The highest BCUT2D eigenvalue weighted by atomic mass is 32.2. The second-order valence-corrected chi connectivity index (χ2v) is 7.24. The van der Waals surface area contributed by atoms with E-state index in [4.69, 9.17) is 0 Å². The zero-order chi connectivity index (χ0) is 13.1. The fourth-order valence-corrected chi connectivity index (χ4v) is 3.87. The minimum absolute atomic E-state index is 0.606. The highest BCUT2D eigenvalue weighted by molar-refractivity contribution is 8.00. The van der Waals surface area contributed by atoms with Gasteiger partial charge >= 0.3 is 0 Å². The Bertz CT molecular complexity index is 402. The van der Waals surface area contributed by atoms with Gasteiger partial charge in [0.2, 0.25) is 0 Å². The number of benzene rings is 1. The Kier molecular flexibility index (Phi) is 4.15. The van der Waals surface area contributed by atoms with Crippen LogP contribution >= 0.6 is 11.8 Å². The molecule has 1 heterocycles. The minimum Gasteiger partial charge on any atom is -0.311 e. The molecule has 3 heteroatoms. The number of rotatable bonds is 5. The Morgan fingerprint density at radius 1 is 1.32 bits per heavy atom. The summed E-state index contributed by atoms with van der Waals surface area (Å²) in [6.07, 6.45) is 6.27. The van der Waals surface area contributed by atoms with E-state index in [1.807, 2.05) is 0 Å². The third kappa shape index (κ3) is 3.53. The van der Waals surface area contributed by atoms with E-state index < -0.39 is 0 Å². The molecule has 1 unspecified atom stereocenters. The van der Waals surface area contributed by atoms with E-state index in [0.29, 0.717) is 10.8 Å². The van der Waals surface area contributed by atoms with Crippen LogP contribution in [-0.4, -0.2) is 48.1 Å². The molecule has 19 heavy (non-hydrogen) atoms. The molecule has 0 amide bonds. The lowest BCUT2D eigenvalue weighted by molar-refractivity contribution is 0.197. The second kappa shape index (κ2) is 5.86. The van der Waals surface area contributed by atoms with Gasteiger partial charge in [0, 0.05) is 37.0 Å². The predicted octanol–water partition coefficient (Wildman–Crippen LogP) is 2.40. The summed E-state index contributed by atoms with van der Waals surface area (Å²) in [4.78, 5) is 2.67. The first kappa shape index (κ1) is 13.5. The lowest BCUT2D eigenvalue weighted by atomic mass is 10.0. The molecular weight excluding hydrogens is 252 g/mol. The first-order valence-corrected chi connectivity index (χ1v) is 8.57. The topological polar surface area (TPSA) is 15.3 Å². The molecule has 0 bridgehead atoms. The lowest BCUT2D eigenvalue weighted by Crippen LogP contribution is -2.53. The summed E-state index contributed by atoms with van der Waals surface area (Å²) in [7, 11) is 0. The van der Waals surface area contributed by atoms with Crippen molar-refractivity contribution in [2.24, 2.45) is 0 Å². The van der Waals surface area contributed by atoms with Gasteiger partial charge < -0.3 is 5.32 Å². The van der Waals surface area contributed by atoms with Crippen LogP contribution in [0.2, 0.25) is 0 Å². The van der Waals surface area contributed by atoms with Crippen molar-refractivity contribution in [3.63, 3.8) is 0 Å². The molecule has 1 aromatic rings. The number of thioether (sulfide) groups is 1. The first-order valence-electron chi connectivity index (χ1n) is 7.34. The van der Waals surface area contributed by atoms with E-state index in [0.717, 1.165) is 13.0 Å². The zero-order valence-corrected chi connectivity index (χ0v) is 12.6. The van der Waals surface area contributed by atoms with Crippen LogP contribution < -0.4 is 5.32 Å². The molecule has 3 rings (SSSR count). The number of nitrogens with zero attached hydrogens (tertiary/aromatic N) is 1. The van der Waals surface area contributed by atoms with Gasteiger partial charge in [0.25, 0.3) is 0 Å². The van der Waals surface area contributed by atoms with Crippen molar-refractivity contribution in [3.05, 3.63) is 35.9 Å². The van der Waals surface area contributed by atoms with Crippen molar-refractivity contribution in [2.45, 2.75) is 30.1 Å². The van der Waals surface area contributed by atoms with Crippen LogP contribution in [-0.2, 0) is 6.42 Å². The van der Waals surface area contributed by atoms with E-state index in [1.54, 1.807) is 0 Å². The lowest BCUT2D eigenvalue weighted by Gasteiger charge is -2.35. The fourth-order valence-electron chi connectivity index (χ4n) is 3.05. The SMILES string of the molecule is CSC1(CN2CCNC(Cc3ccccc3)C2)CC1. The molecule has 1 aliphatic heterocycles. The third-order valence-electron chi connectivity index (χ3n) is 4.42. The van der Waals surface area contributed by atoms with Crippen LogP contribution in [0.5, 0.6) is 0 Å². The number of hydrogen-bond donors (Lipinski definition) is 1. The van der Waals surface area contributed by atoms with Gasteiger partial charge in [0.05, 0.1) is 0 Å². The highest BCUT2D eigenvalue weighted by Gasteiger charge is 2.43. The normalized spacial score (nSPS) is 26.3. The van der Waals surface area contributed by atoms with Crippen molar-refractivity contribution in [1.82, 2.24) is 10.2 Å². The van der Waals surface area contributed by atoms with Gasteiger partial charge in [-0.1, -0.05) is 30.3 Å². The Labute approximate surface area is 121 Å². The number of piperazine rings is 1. The maximum Gasteiger partial charge on any atom is 0.0285 e. The Balaban J connectivity index is 1.53. The van der Waals surface area contributed by atoms with Crippen LogP contribution in [0, 0.1) is 0 Å². The van der Waals surface area contributed by atoms with Gasteiger partial charge in [-0.15, -0.1) is 0 Å². The van der Waals surface area contributed by atoms with Gasteiger partial charge in [-0.2, -0.15) is 11.8 Å². The van der Waals surface area contributed by atoms with Crippen LogP contribution in [0.4, 0.5) is 0 Å². The monoisotopic (exact) mass is 276 g/mol. The quantitative estimate of drug-likeness (QED) is 0.889. The van der Waals surface area contributed by atoms with Crippen molar-refractivity contribution < 1.29 is 0 Å². The predicted molar refractivity (Wildman–Crippen MR) is 83.9 cm³/mol. The molecule has 2 aliphatic rings. The summed E-state index contributed by atoms with van der Waals surface area (Å²) in [5, 5.41) is 3.67. The molecule has 1 saturated heterocycles. The standard InChI is InChI=1S/C16H24N2S/c1-19-16(7-8-16)13-18-10-9-17-15(12-18)11-14-5-3-2-4-6-14/h2-6,15,17H,7-13H2,1H3. The van der Waals surface area contributed by atoms with Crippen LogP contribution in [0.25, 0.3) is 0 Å². The van der Waals surface area contributed by atoms with E-state index in [9.17, 15) is 0 Å². The molecule has 1 aliphatic carbocycles. The molecule has 0 radical (unpaired) electrons. The molecule has 0 spiro atoms. The van der Waals surface area contributed by atoms with E-state index >= 15 is 0 Å². The van der Waals surface area contributed by atoms with Gasteiger partial charge in [0.1, 0.15) is 0 Å². The third-order valence-corrected chi connectivity index (χ3v) is 5.82. The zero-order valence-electron chi connectivity index (χ0n) is 11.8. The van der Waals surface area contributed by atoms with Gasteiger partial charge in [-0.05, 0) is 31.1 Å². The molecule has 1 saturated carbocycles. The fraction of sp³-hybridized carbons (Fsp3) is 0.625. The van der Waals surface area contributed by atoms with Crippen LogP contribution in [0.15, 0.2) is 30.3 Å². The summed E-state index contributed by atoms with van der Waals surface area (Å²) in [5.74, 6) is 0. The average molecular weight is 276 g/mol. The van der Waals surface area contributed by atoms with Crippen molar-refractivity contribution in [1.29, 1.82) is 0 Å². The molecule has 1 aromatic carbocycles. The summed E-state index contributed by atoms with van der Waals surface area (Å²) >= 11 is 2.07. The van der Waals surface area contributed by atoms with Gasteiger partial charge in [0.15, 0.2) is 0 Å². The maximum atomic E-state index is 3.67. The summed E-state index contributed by atoms with van der Waals surface area (Å²) < 4.78 is 0.606. The highest BCUT2D eigenvalue weighted by Crippen LogP contribution is 2.47. The number of nitrogens with one attached hydrogen (secondary N) is 1. The molecule has 0 aromatic heterocycles. The average Bonchev–Trinajstić information content (AvgIpc) is 3.21. The van der Waals surface area contributed by atoms with E-state index in [1.165, 1.54) is 38.0 Å². The van der Waals surface area contributed by atoms with Gasteiger partial charge in [-0.3, -0.25) is 4.90 Å². The second-order valence-electron chi connectivity index (χ2n) is 5.96. The largest absolute Gasteiger partial charge is 0.311 e. The summed E-state index contributed by atoms with van der Waals surface area (Å²) in [6, 6.07) is 11.5. The van der Waals surface area contributed by atoms with E-state index in [-0.39, 0.29) is 0 Å². The van der Waals surface area contributed by atoms with Crippen LogP contribution in [0.3, 0.4) is 0 Å².